The summed E-state index contributed by atoms with van der Waals surface area (Å²) in [6.07, 6.45) is 1.83. The van der Waals surface area contributed by atoms with Crippen molar-refractivity contribution in [1.82, 2.24) is 10.3 Å². The Hall–Kier alpha value is -1.88. The Balaban J connectivity index is 1.73. The molecule has 1 saturated heterocycles. The van der Waals surface area contributed by atoms with Crippen molar-refractivity contribution < 1.29 is 9.53 Å². The number of hydrogen-bond donors (Lipinski definition) is 1. The molecule has 1 N–H and O–H groups in total. The van der Waals surface area contributed by atoms with Gasteiger partial charge in [-0.05, 0) is 37.5 Å². The topological polar surface area (TPSA) is 53.9 Å². The molecule has 0 aliphatic carbocycles. The number of ether oxygens (including phenoxy) is 1. The minimum atomic E-state index is -0.221. The highest BCUT2D eigenvalue weighted by molar-refractivity contribution is 5.87. The Morgan fingerprint density at radius 2 is 1.79 bits per heavy atom. The van der Waals surface area contributed by atoms with Crippen LogP contribution < -0.4 is 10.2 Å². The summed E-state index contributed by atoms with van der Waals surface area (Å²) < 4.78 is 5.50. The number of piperidine rings is 1. The van der Waals surface area contributed by atoms with E-state index in [1.54, 1.807) is 0 Å². The number of benzene rings is 1. The molecule has 0 radical (unpaired) electrons. The van der Waals surface area contributed by atoms with Gasteiger partial charge in [-0.2, -0.15) is 5.10 Å². The molecule has 1 aromatic rings. The van der Waals surface area contributed by atoms with E-state index < -0.39 is 0 Å². The number of amides is 1. The fraction of sp³-hybridized carbons (Fsp3) is 0.579. The molecule has 132 valence electrons. The molecule has 0 saturated carbocycles. The van der Waals surface area contributed by atoms with Crippen molar-refractivity contribution in [1.29, 1.82) is 0 Å². The summed E-state index contributed by atoms with van der Waals surface area (Å²) in [5.41, 5.74) is 4.91. The molecule has 0 atom stereocenters. The van der Waals surface area contributed by atoms with E-state index in [0.717, 1.165) is 31.6 Å². The van der Waals surface area contributed by atoms with Crippen LogP contribution in [0.5, 0.6) is 5.75 Å². The number of nitrogens with one attached hydrogen (secondary N) is 1. The fourth-order valence-electron chi connectivity index (χ4n) is 2.68. The molecular weight excluding hydrogens is 302 g/mol. The van der Waals surface area contributed by atoms with Gasteiger partial charge in [0.1, 0.15) is 5.75 Å². The zero-order chi connectivity index (χ0) is 17.5. The maximum absolute atomic E-state index is 11.9. The third-order valence-corrected chi connectivity index (χ3v) is 4.36. The highest BCUT2D eigenvalue weighted by Gasteiger charge is 2.17. The number of rotatable bonds is 6. The van der Waals surface area contributed by atoms with Gasteiger partial charge < -0.3 is 9.64 Å². The van der Waals surface area contributed by atoms with E-state index in [-0.39, 0.29) is 12.5 Å². The minimum absolute atomic E-state index is 0.0179. The third kappa shape index (κ3) is 5.64. The van der Waals surface area contributed by atoms with Crippen molar-refractivity contribution in [2.75, 3.05) is 19.7 Å². The molecule has 0 bridgehead atoms. The van der Waals surface area contributed by atoms with Crippen LogP contribution in [0.4, 0.5) is 0 Å². The van der Waals surface area contributed by atoms with Gasteiger partial charge in [-0.3, -0.25) is 4.79 Å². The molecule has 1 heterocycles. The first-order chi connectivity index (χ1) is 11.5. The van der Waals surface area contributed by atoms with E-state index in [2.05, 4.69) is 43.1 Å². The molecule has 1 aliphatic rings. The molecule has 24 heavy (non-hydrogen) atoms. The summed E-state index contributed by atoms with van der Waals surface area (Å²) >= 11 is 0. The van der Waals surface area contributed by atoms with Crippen LogP contribution in [0.25, 0.3) is 0 Å². The predicted molar refractivity (Wildman–Crippen MR) is 97.5 cm³/mol. The van der Waals surface area contributed by atoms with Gasteiger partial charge in [0.2, 0.25) is 0 Å². The van der Waals surface area contributed by atoms with Crippen LogP contribution in [0.1, 0.15) is 52.0 Å². The molecule has 1 aliphatic heterocycles. The van der Waals surface area contributed by atoms with E-state index >= 15 is 0 Å². The van der Waals surface area contributed by atoms with Crippen LogP contribution in [0.3, 0.4) is 0 Å². The van der Waals surface area contributed by atoms with Crippen LogP contribution >= 0.6 is 0 Å². The van der Waals surface area contributed by atoms with Crippen LogP contribution in [-0.2, 0) is 4.79 Å². The number of nitrogens with zero attached hydrogens (tertiary/aromatic N) is 2. The standard InChI is InChI=1S/C19H29N3O2/c1-14(2)16-5-7-18(8-6-16)24-13-19(23)21-20-17-9-11-22(12-10-17)15(3)4/h5-8,14-15H,9-13H2,1-4H3,(H,21,23). The lowest BCUT2D eigenvalue weighted by Crippen LogP contribution is -2.39. The summed E-state index contributed by atoms with van der Waals surface area (Å²) in [7, 11) is 0. The predicted octanol–water partition coefficient (Wildman–Crippen LogP) is 3.17. The molecular formula is C19H29N3O2. The van der Waals surface area contributed by atoms with Gasteiger partial charge in [-0.15, -0.1) is 0 Å². The Labute approximate surface area is 145 Å². The van der Waals surface area contributed by atoms with Crippen molar-refractivity contribution in [2.45, 2.75) is 52.5 Å². The highest BCUT2D eigenvalue weighted by Crippen LogP contribution is 2.18. The Morgan fingerprint density at radius 1 is 1.17 bits per heavy atom. The summed E-state index contributed by atoms with van der Waals surface area (Å²) in [6.45, 7) is 10.7. The Bertz CT molecular complexity index is 554. The minimum Gasteiger partial charge on any atom is -0.484 e. The summed E-state index contributed by atoms with van der Waals surface area (Å²) in [6, 6.07) is 8.42. The monoisotopic (exact) mass is 331 g/mol. The van der Waals surface area contributed by atoms with Gasteiger partial charge in [0.05, 0.1) is 0 Å². The van der Waals surface area contributed by atoms with E-state index in [9.17, 15) is 4.79 Å². The quantitative estimate of drug-likeness (QED) is 0.815. The highest BCUT2D eigenvalue weighted by atomic mass is 16.5. The van der Waals surface area contributed by atoms with Crippen molar-refractivity contribution in [2.24, 2.45) is 5.10 Å². The van der Waals surface area contributed by atoms with Gasteiger partial charge in [-0.1, -0.05) is 26.0 Å². The van der Waals surface area contributed by atoms with E-state index in [1.807, 2.05) is 24.3 Å². The van der Waals surface area contributed by atoms with Gasteiger partial charge in [0, 0.05) is 37.7 Å². The van der Waals surface area contributed by atoms with Crippen LogP contribution in [0.2, 0.25) is 0 Å². The van der Waals surface area contributed by atoms with Gasteiger partial charge in [-0.25, -0.2) is 5.43 Å². The molecule has 1 aromatic carbocycles. The zero-order valence-electron chi connectivity index (χ0n) is 15.2. The first-order valence-electron chi connectivity index (χ1n) is 8.76. The van der Waals surface area contributed by atoms with Crippen LogP contribution in [0, 0.1) is 0 Å². The molecule has 1 amide bonds. The molecule has 0 spiro atoms. The molecule has 1 fully saturated rings. The Kier molecular flexibility index (Phi) is 6.79. The molecule has 5 heteroatoms. The SMILES string of the molecule is CC(C)c1ccc(OCC(=O)NN=C2CCN(C(C)C)CC2)cc1. The number of carbonyl (C=O) groups is 1. The van der Waals surface area contributed by atoms with Crippen molar-refractivity contribution in [3.63, 3.8) is 0 Å². The fourth-order valence-corrected chi connectivity index (χ4v) is 2.68. The second kappa shape index (κ2) is 8.83. The van der Waals surface area contributed by atoms with Gasteiger partial charge in [0.15, 0.2) is 6.61 Å². The summed E-state index contributed by atoms with van der Waals surface area (Å²) in [5.74, 6) is 0.967. The van der Waals surface area contributed by atoms with Crippen molar-refractivity contribution in [3.05, 3.63) is 29.8 Å². The second-order valence-corrected chi connectivity index (χ2v) is 6.86. The van der Waals surface area contributed by atoms with Gasteiger partial charge >= 0.3 is 0 Å². The van der Waals surface area contributed by atoms with E-state index in [4.69, 9.17) is 4.74 Å². The maximum Gasteiger partial charge on any atom is 0.277 e. The molecule has 2 rings (SSSR count). The number of carbonyl (C=O) groups excluding carboxylic acids is 1. The maximum atomic E-state index is 11.9. The van der Waals surface area contributed by atoms with Crippen LogP contribution in [0.15, 0.2) is 29.4 Å². The number of hydrazone groups is 1. The van der Waals surface area contributed by atoms with Crippen molar-refractivity contribution >= 4 is 11.6 Å². The zero-order valence-corrected chi connectivity index (χ0v) is 15.2. The van der Waals surface area contributed by atoms with Gasteiger partial charge in [0.25, 0.3) is 5.91 Å². The summed E-state index contributed by atoms with van der Waals surface area (Å²) in [4.78, 5) is 14.3. The smallest absolute Gasteiger partial charge is 0.277 e. The lowest BCUT2D eigenvalue weighted by atomic mass is 10.0. The largest absolute Gasteiger partial charge is 0.484 e. The van der Waals surface area contributed by atoms with E-state index in [0.29, 0.717) is 17.7 Å². The lowest BCUT2D eigenvalue weighted by Gasteiger charge is -2.30. The van der Waals surface area contributed by atoms with E-state index in [1.165, 1.54) is 5.56 Å². The van der Waals surface area contributed by atoms with Crippen molar-refractivity contribution in [3.8, 4) is 5.75 Å². The molecule has 0 unspecified atom stereocenters. The average molecular weight is 331 g/mol. The van der Waals surface area contributed by atoms with Crippen LogP contribution in [-0.4, -0.2) is 42.3 Å². The first kappa shape index (κ1) is 18.5. The lowest BCUT2D eigenvalue weighted by molar-refractivity contribution is -0.123. The first-order valence-corrected chi connectivity index (χ1v) is 8.76. The normalized spacial score (nSPS) is 15.7. The second-order valence-electron chi connectivity index (χ2n) is 6.86. The summed E-state index contributed by atoms with van der Waals surface area (Å²) in [5, 5.41) is 4.24. The number of likely N-dealkylation sites (tertiary alicyclic amines) is 1. The Morgan fingerprint density at radius 3 is 2.33 bits per heavy atom. The molecule has 0 aromatic heterocycles. The number of hydrogen-bond acceptors (Lipinski definition) is 4. The average Bonchev–Trinajstić information content (AvgIpc) is 2.58. The third-order valence-electron chi connectivity index (χ3n) is 4.36. The molecule has 5 nitrogen and oxygen atoms in total.